The van der Waals surface area contributed by atoms with Crippen LogP contribution in [0.4, 0.5) is 17.6 Å². The molecule has 0 fully saturated rings. The minimum Gasteiger partial charge on any atom is -0.341 e. The predicted molar refractivity (Wildman–Crippen MR) is 69.1 cm³/mol. The largest absolute Gasteiger partial charge is 0.412 e. The maximum atomic E-state index is 12.9. The molecule has 1 unspecified atom stereocenters. The molecule has 0 heterocycles. The van der Waals surface area contributed by atoms with Crippen LogP contribution in [0.5, 0.6) is 0 Å². The number of nitrogens with one attached hydrogen (secondary N) is 2. The van der Waals surface area contributed by atoms with Crippen molar-refractivity contribution in [1.82, 2.24) is 10.6 Å². The number of alkyl halides is 3. The first kappa shape index (κ1) is 18.7. The fourth-order valence-electron chi connectivity index (χ4n) is 1.48. The third-order valence-electron chi connectivity index (χ3n) is 2.44. The smallest absolute Gasteiger partial charge is 0.341 e. The van der Waals surface area contributed by atoms with Gasteiger partial charge in [-0.25, -0.2) is 4.39 Å². The maximum absolute atomic E-state index is 12.9. The molecule has 0 aliphatic heterocycles. The zero-order valence-electron chi connectivity index (χ0n) is 10.6. The first-order chi connectivity index (χ1) is 8.84. The van der Waals surface area contributed by atoms with E-state index in [0.717, 1.165) is 24.3 Å². The van der Waals surface area contributed by atoms with E-state index in [2.05, 4.69) is 5.32 Å². The van der Waals surface area contributed by atoms with E-state index in [1.54, 1.807) is 7.05 Å². The summed E-state index contributed by atoms with van der Waals surface area (Å²) in [6.45, 7) is 0.278. The maximum Gasteiger partial charge on any atom is 0.412 e. The van der Waals surface area contributed by atoms with E-state index in [1.807, 2.05) is 5.32 Å². The lowest BCUT2D eigenvalue weighted by Crippen LogP contribution is -2.38. The molecule has 1 aromatic rings. The molecule has 0 aliphatic rings. The van der Waals surface area contributed by atoms with Gasteiger partial charge in [-0.2, -0.15) is 13.2 Å². The quantitative estimate of drug-likeness (QED) is 0.820. The van der Waals surface area contributed by atoms with Gasteiger partial charge in [0.25, 0.3) is 0 Å². The molecule has 0 aromatic heterocycles. The van der Waals surface area contributed by atoms with E-state index >= 15 is 0 Å². The van der Waals surface area contributed by atoms with Crippen molar-refractivity contribution in [2.24, 2.45) is 0 Å². The summed E-state index contributed by atoms with van der Waals surface area (Å²) in [5, 5.41) is 4.57. The summed E-state index contributed by atoms with van der Waals surface area (Å²) in [7, 11) is 1.59. The van der Waals surface area contributed by atoms with Crippen LogP contribution in [0.25, 0.3) is 0 Å². The zero-order chi connectivity index (χ0) is 14.5. The van der Waals surface area contributed by atoms with Gasteiger partial charge in [0.15, 0.2) is 6.04 Å². The highest BCUT2D eigenvalue weighted by Crippen LogP contribution is 2.32. The van der Waals surface area contributed by atoms with E-state index in [4.69, 9.17) is 0 Å². The Morgan fingerprint density at radius 1 is 1.25 bits per heavy atom. The van der Waals surface area contributed by atoms with Gasteiger partial charge < -0.3 is 10.6 Å². The van der Waals surface area contributed by atoms with Crippen LogP contribution in [0.1, 0.15) is 18.0 Å². The number of carbonyl (C=O) groups is 1. The van der Waals surface area contributed by atoms with Crippen molar-refractivity contribution in [2.75, 3.05) is 13.6 Å². The molecule has 8 heteroatoms. The number of rotatable bonds is 5. The number of hydrogen-bond donors (Lipinski definition) is 2. The summed E-state index contributed by atoms with van der Waals surface area (Å²) >= 11 is 0. The molecule has 1 aromatic carbocycles. The van der Waals surface area contributed by atoms with E-state index in [1.165, 1.54) is 0 Å². The van der Waals surface area contributed by atoms with Crippen LogP contribution in [0, 0.1) is 5.82 Å². The summed E-state index contributed by atoms with van der Waals surface area (Å²) < 4.78 is 51.3. The van der Waals surface area contributed by atoms with Crippen molar-refractivity contribution in [2.45, 2.75) is 18.6 Å². The Morgan fingerprint density at radius 2 is 1.80 bits per heavy atom. The molecule has 0 saturated heterocycles. The lowest BCUT2D eigenvalue weighted by Gasteiger charge is -2.22. The molecule has 1 atom stereocenters. The second kappa shape index (κ2) is 8.06. The van der Waals surface area contributed by atoms with Crippen molar-refractivity contribution in [3.05, 3.63) is 35.6 Å². The monoisotopic (exact) mass is 314 g/mol. The van der Waals surface area contributed by atoms with Crippen molar-refractivity contribution in [1.29, 1.82) is 0 Å². The number of halogens is 5. The molecule has 1 amide bonds. The van der Waals surface area contributed by atoms with Gasteiger partial charge in [-0.1, -0.05) is 12.1 Å². The first-order valence-electron chi connectivity index (χ1n) is 5.60. The second-order valence-corrected chi connectivity index (χ2v) is 3.95. The highest BCUT2D eigenvalue weighted by molar-refractivity contribution is 5.85. The number of benzene rings is 1. The van der Waals surface area contributed by atoms with Gasteiger partial charge >= 0.3 is 6.18 Å². The summed E-state index contributed by atoms with van der Waals surface area (Å²) in [6, 6.07) is 1.73. The van der Waals surface area contributed by atoms with E-state index in [-0.39, 0.29) is 30.9 Å². The SMILES string of the molecule is CNCCC(=O)NC(c1ccc(F)cc1)C(F)(F)F.Cl. The molecule has 0 bridgehead atoms. The molecule has 0 radical (unpaired) electrons. The van der Waals surface area contributed by atoms with Crippen LogP contribution in [0.3, 0.4) is 0 Å². The zero-order valence-corrected chi connectivity index (χ0v) is 11.4. The Bertz CT molecular complexity index is 422. The lowest BCUT2D eigenvalue weighted by molar-refractivity contribution is -0.163. The minimum atomic E-state index is -4.63. The van der Waals surface area contributed by atoms with Crippen molar-refractivity contribution >= 4 is 18.3 Å². The Labute approximate surface area is 120 Å². The Morgan fingerprint density at radius 3 is 2.25 bits per heavy atom. The Balaban J connectivity index is 0.00000361. The first-order valence-corrected chi connectivity index (χ1v) is 5.60. The summed E-state index contributed by atoms with van der Waals surface area (Å²) in [5.74, 6) is -1.35. The second-order valence-electron chi connectivity index (χ2n) is 3.95. The average molecular weight is 315 g/mol. The van der Waals surface area contributed by atoms with Crippen molar-refractivity contribution in [3.63, 3.8) is 0 Å². The van der Waals surface area contributed by atoms with Gasteiger partial charge in [-0.05, 0) is 24.7 Å². The normalized spacial score (nSPS) is 12.4. The Kier molecular flexibility index (Phi) is 7.52. The number of hydrogen-bond acceptors (Lipinski definition) is 2. The lowest BCUT2D eigenvalue weighted by atomic mass is 10.1. The van der Waals surface area contributed by atoms with Crippen LogP contribution in [0.2, 0.25) is 0 Å². The topological polar surface area (TPSA) is 41.1 Å². The molecule has 2 N–H and O–H groups in total. The fraction of sp³-hybridized carbons (Fsp3) is 0.417. The summed E-state index contributed by atoms with van der Waals surface area (Å²) in [4.78, 5) is 11.4. The third-order valence-corrected chi connectivity index (χ3v) is 2.44. The summed E-state index contributed by atoms with van der Waals surface area (Å²) in [5.41, 5.74) is -0.202. The predicted octanol–water partition coefficient (Wildman–Crippen LogP) is 2.58. The molecule has 0 spiro atoms. The van der Waals surface area contributed by atoms with Crippen LogP contribution in [-0.2, 0) is 4.79 Å². The number of carbonyl (C=O) groups excluding carboxylic acids is 1. The Hall–Kier alpha value is -1.34. The fourth-order valence-corrected chi connectivity index (χ4v) is 1.48. The molecular formula is C12H15ClF4N2O. The van der Waals surface area contributed by atoms with E-state index < -0.39 is 23.9 Å². The van der Waals surface area contributed by atoms with Gasteiger partial charge in [0.1, 0.15) is 5.82 Å². The molecule has 114 valence electrons. The van der Waals surface area contributed by atoms with Crippen LogP contribution < -0.4 is 10.6 Å². The molecule has 0 aliphatic carbocycles. The average Bonchev–Trinajstić information content (AvgIpc) is 2.33. The van der Waals surface area contributed by atoms with Gasteiger partial charge in [0.2, 0.25) is 5.91 Å². The standard InChI is InChI=1S/C12H14F4N2O.ClH/c1-17-7-6-10(19)18-11(12(14,15)16)8-2-4-9(13)5-3-8;/h2-5,11,17H,6-7H2,1H3,(H,18,19);1H. The molecule has 3 nitrogen and oxygen atoms in total. The third kappa shape index (κ3) is 5.75. The van der Waals surface area contributed by atoms with E-state index in [9.17, 15) is 22.4 Å². The van der Waals surface area contributed by atoms with Crippen LogP contribution in [-0.4, -0.2) is 25.7 Å². The molecule has 0 saturated carbocycles. The van der Waals surface area contributed by atoms with Gasteiger partial charge in [0, 0.05) is 13.0 Å². The number of amides is 1. The van der Waals surface area contributed by atoms with Crippen molar-refractivity contribution in [3.8, 4) is 0 Å². The van der Waals surface area contributed by atoms with E-state index in [0.29, 0.717) is 0 Å². The molecular weight excluding hydrogens is 300 g/mol. The highest BCUT2D eigenvalue weighted by atomic mass is 35.5. The minimum absolute atomic E-state index is 0. The van der Waals surface area contributed by atoms with Gasteiger partial charge in [0.05, 0.1) is 0 Å². The van der Waals surface area contributed by atoms with Gasteiger partial charge in [-0.3, -0.25) is 4.79 Å². The van der Waals surface area contributed by atoms with Crippen molar-refractivity contribution < 1.29 is 22.4 Å². The van der Waals surface area contributed by atoms with Crippen LogP contribution in [0.15, 0.2) is 24.3 Å². The van der Waals surface area contributed by atoms with Crippen LogP contribution >= 0.6 is 12.4 Å². The molecule has 20 heavy (non-hydrogen) atoms. The highest BCUT2D eigenvalue weighted by Gasteiger charge is 2.41. The molecule has 1 rings (SSSR count). The van der Waals surface area contributed by atoms with Gasteiger partial charge in [-0.15, -0.1) is 12.4 Å². The summed E-state index contributed by atoms with van der Waals surface area (Å²) in [6.07, 6.45) is -4.70.